The summed E-state index contributed by atoms with van der Waals surface area (Å²) in [5.74, 6) is 0. The maximum absolute atomic E-state index is 5.61. The van der Waals surface area contributed by atoms with E-state index in [-0.39, 0.29) is 0 Å². The fourth-order valence-electron chi connectivity index (χ4n) is 1.35. The zero-order chi connectivity index (χ0) is 14.5. The van der Waals surface area contributed by atoms with Gasteiger partial charge in [0.2, 0.25) is 0 Å². The van der Waals surface area contributed by atoms with Crippen LogP contribution in [0.4, 0.5) is 11.4 Å². The predicted octanol–water partition coefficient (Wildman–Crippen LogP) is 4.57. The van der Waals surface area contributed by atoms with E-state index in [0.29, 0.717) is 5.41 Å². The Morgan fingerprint density at radius 1 is 0.579 bits per heavy atom. The Labute approximate surface area is 116 Å². The molecule has 2 heteroatoms. The van der Waals surface area contributed by atoms with Gasteiger partial charge >= 0.3 is 0 Å². The summed E-state index contributed by atoms with van der Waals surface area (Å²) in [5.41, 5.74) is 15.6. The van der Waals surface area contributed by atoms with E-state index >= 15 is 0 Å². The molecule has 0 fully saturated rings. The molecular formula is C17H24N2. The lowest BCUT2D eigenvalue weighted by Gasteiger charge is -2.05. The summed E-state index contributed by atoms with van der Waals surface area (Å²) in [6.45, 7) is 8.75. The van der Waals surface area contributed by atoms with E-state index < -0.39 is 0 Å². The largest absolute Gasteiger partial charge is 0.399 e. The summed E-state index contributed by atoms with van der Waals surface area (Å²) in [6.07, 6.45) is 0. The van der Waals surface area contributed by atoms with Gasteiger partial charge in [0.25, 0.3) is 0 Å². The molecule has 0 heterocycles. The Hall–Kier alpha value is -1.96. The first-order chi connectivity index (χ1) is 8.75. The zero-order valence-corrected chi connectivity index (χ0v) is 12.3. The molecule has 0 aliphatic heterocycles. The van der Waals surface area contributed by atoms with Gasteiger partial charge in [0.1, 0.15) is 0 Å². The standard InChI is InChI=1S/C12H12N2.C5H12/c13-11-5-1-9(2-6-11)10-3-7-12(14)8-4-10;1-5(2,3)4/h1-8H,13-14H2;1-4H3. The number of hydrogen-bond donors (Lipinski definition) is 2. The SMILES string of the molecule is CC(C)(C)C.Nc1ccc(-c2ccc(N)cc2)cc1. The van der Waals surface area contributed by atoms with Crippen molar-refractivity contribution < 1.29 is 0 Å². The van der Waals surface area contributed by atoms with Crippen molar-refractivity contribution in [2.75, 3.05) is 11.5 Å². The smallest absolute Gasteiger partial charge is 0.0314 e. The summed E-state index contributed by atoms with van der Waals surface area (Å²) in [6, 6.07) is 15.6. The van der Waals surface area contributed by atoms with E-state index in [1.807, 2.05) is 48.5 Å². The number of benzene rings is 2. The molecule has 0 aromatic heterocycles. The third-order valence-electron chi connectivity index (χ3n) is 2.15. The van der Waals surface area contributed by atoms with Gasteiger partial charge in [-0.25, -0.2) is 0 Å². The van der Waals surface area contributed by atoms with Crippen molar-refractivity contribution in [3.63, 3.8) is 0 Å². The highest BCUT2D eigenvalue weighted by molar-refractivity contribution is 5.67. The lowest BCUT2D eigenvalue weighted by atomic mass is 10.0. The molecule has 0 spiro atoms. The van der Waals surface area contributed by atoms with Crippen molar-refractivity contribution in [2.45, 2.75) is 27.7 Å². The molecule has 0 bridgehead atoms. The Kier molecular flexibility index (Phi) is 4.99. The normalized spacial score (nSPS) is 10.5. The van der Waals surface area contributed by atoms with Crippen molar-refractivity contribution in [3.05, 3.63) is 48.5 Å². The monoisotopic (exact) mass is 256 g/mol. The Morgan fingerprint density at radius 3 is 1.00 bits per heavy atom. The summed E-state index contributed by atoms with van der Waals surface area (Å²) in [4.78, 5) is 0. The molecule has 0 unspecified atom stereocenters. The predicted molar refractivity (Wildman–Crippen MR) is 85.8 cm³/mol. The first-order valence-electron chi connectivity index (χ1n) is 6.47. The lowest BCUT2D eigenvalue weighted by Crippen LogP contribution is -1.93. The molecule has 2 rings (SSSR count). The third-order valence-corrected chi connectivity index (χ3v) is 2.15. The van der Waals surface area contributed by atoms with Crippen LogP contribution in [0, 0.1) is 5.41 Å². The van der Waals surface area contributed by atoms with Gasteiger partial charge in [0, 0.05) is 11.4 Å². The van der Waals surface area contributed by atoms with Gasteiger partial charge in [-0.2, -0.15) is 0 Å². The molecule has 0 radical (unpaired) electrons. The van der Waals surface area contributed by atoms with Gasteiger partial charge in [-0.1, -0.05) is 52.0 Å². The van der Waals surface area contributed by atoms with Crippen LogP contribution in [0.25, 0.3) is 11.1 Å². The van der Waals surface area contributed by atoms with Crippen LogP contribution in [0.3, 0.4) is 0 Å². The molecule has 0 saturated carbocycles. The maximum atomic E-state index is 5.61. The lowest BCUT2D eigenvalue weighted by molar-refractivity contribution is 0.469. The van der Waals surface area contributed by atoms with E-state index in [2.05, 4.69) is 27.7 Å². The summed E-state index contributed by atoms with van der Waals surface area (Å²) >= 11 is 0. The van der Waals surface area contributed by atoms with Gasteiger partial charge in [-0.05, 0) is 40.8 Å². The van der Waals surface area contributed by atoms with Crippen molar-refractivity contribution >= 4 is 11.4 Å². The van der Waals surface area contributed by atoms with Gasteiger partial charge in [0.15, 0.2) is 0 Å². The molecule has 2 aromatic carbocycles. The van der Waals surface area contributed by atoms with Crippen molar-refractivity contribution in [3.8, 4) is 11.1 Å². The van der Waals surface area contributed by atoms with E-state index in [9.17, 15) is 0 Å². The second-order valence-corrected chi connectivity index (χ2v) is 6.24. The van der Waals surface area contributed by atoms with Gasteiger partial charge in [0.05, 0.1) is 0 Å². The van der Waals surface area contributed by atoms with E-state index in [4.69, 9.17) is 11.5 Å². The number of nitrogen functional groups attached to an aromatic ring is 2. The first kappa shape index (κ1) is 15.1. The molecule has 2 aromatic rings. The molecule has 0 saturated heterocycles. The number of rotatable bonds is 1. The zero-order valence-electron chi connectivity index (χ0n) is 12.3. The summed E-state index contributed by atoms with van der Waals surface area (Å²) in [7, 11) is 0. The molecule has 2 nitrogen and oxygen atoms in total. The average molecular weight is 256 g/mol. The highest BCUT2D eigenvalue weighted by atomic mass is 14.5. The van der Waals surface area contributed by atoms with Gasteiger partial charge in [-0.3, -0.25) is 0 Å². The number of hydrogen-bond acceptors (Lipinski definition) is 2. The van der Waals surface area contributed by atoms with Crippen LogP contribution in [0.15, 0.2) is 48.5 Å². The van der Waals surface area contributed by atoms with Crippen LogP contribution in [0.5, 0.6) is 0 Å². The van der Waals surface area contributed by atoms with Crippen molar-refractivity contribution in [1.29, 1.82) is 0 Å². The molecule has 4 N–H and O–H groups in total. The molecular weight excluding hydrogens is 232 g/mol. The fourth-order valence-corrected chi connectivity index (χ4v) is 1.35. The minimum absolute atomic E-state index is 0.500. The van der Waals surface area contributed by atoms with E-state index in [1.54, 1.807) is 0 Å². The molecule has 0 atom stereocenters. The Balaban J connectivity index is 0.000000312. The van der Waals surface area contributed by atoms with Crippen LogP contribution in [-0.4, -0.2) is 0 Å². The van der Waals surface area contributed by atoms with E-state index in [0.717, 1.165) is 22.5 Å². The van der Waals surface area contributed by atoms with Crippen LogP contribution in [0.2, 0.25) is 0 Å². The Morgan fingerprint density at radius 2 is 0.789 bits per heavy atom. The number of nitrogens with two attached hydrogens (primary N) is 2. The second-order valence-electron chi connectivity index (χ2n) is 6.24. The molecule has 0 aliphatic rings. The highest BCUT2D eigenvalue weighted by Crippen LogP contribution is 2.21. The number of anilines is 2. The molecule has 102 valence electrons. The Bertz CT molecular complexity index is 441. The van der Waals surface area contributed by atoms with Crippen LogP contribution >= 0.6 is 0 Å². The summed E-state index contributed by atoms with van der Waals surface area (Å²) in [5, 5.41) is 0. The topological polar surface area (TPSA) is 52.0 Å². The maximum Gasteiger partial charge on any atom is 0.0314 e. The van der Waals surface area contributed by atoms with E-state index in [1.165, 1.54) is 0 Å². The van der Waals surface area contributed by atoms with Gasteiger partial charge < -0.3 is 11.5 Å². The van der Waals surface area contributed by atoms with Crippen molar-refractivity contribution in [2.24, 2.45) is 5.41 Å². The van der Waals surface area contributed by atoms with Crippen LogP contribution in [0.1, 0.15) is 27.7 Å². The molecule has 0 aliphatic carbocycles. The molecule has 19 heavy (non-hydrogen) atoms. The highest BCUT2D eigenvalue weighted by Gasteiger charge is 1.96. The minimum Gasteiger partial charge on any atom is -0.399 e. The minimum atomic E-state index is 0.500. The third kappa shape index (κ3) is 6.51. The van der Waals surface area contributed by atoms with Gasteiger partial charge in [-0.15, -0.1) is 0 Å². The quantitative estimate of drug-likeness (QED) is 0.734. The fraction of sp³-hybridized carbons (Fsp3) is 0.294. The summed E-state index contributed by atoms with van der Waals surface area (Å²) < 4.78 is 0. The van der Waals surface area contributed by atoms with Crippen LogP contribution < -0.4 is 11.5 Å². The van der Waals surface area contributed by atoms with Crippen LogP contribution in [-0.2, 0) is 0 Å². The molecule has 0 amide bonds. The second kappa shape index (κ2) is 6.28. The van der Waals surface area contributed by atoms with Crippen molar-refractivity contribution in [1.82, 2.24) is 0 Å². The average Bonchev–Trinajstić information content (AvgIpc) is 2.29. The first-order valence-corrected chi connectivity index (χ1v) is 6.47.